The van der Waals surface area contributed by atoms with Crippen molar-refractivity contribution in [2.45, 2.75) is 33.7 Å². The maximum absolute atomic E-state index is 14.3. The van der Waals surface area contributed by atoms with Crippen molar-refractivity contribution in [1.29, 1.82) is 0 Å². The number of ether oxygens (including phenoxy) is 1. The minimum atomic E-state index is -0.146. The number of halogens is 1. The highest BCUT2D eigenvalue weighted by Crippen LogP contribution is 2.29. The molecule has 1 unspecified atom stereocenters. The Morgan fingerprint density at radius 3 is 2.57 bits per heavy atom. The second-order valence-electron chi connectivity index (χ2n) is 5.78. The van der Waals surface area contributed by atoms with Gasteiger partial charge in [0, 0.05) is 37.5 Å². The van der Waals surface area contributed by atoms with Crippen LogP contribution in [0.15, 0.2) is 18.2 Å². The van der Waals surface area contributed by atoms with Crippen molar-refractivity contribution in [2.24, 2.45) is 5.92 Å². The second-order valence-corrected chi connectivity index (χ2v) is 5.78. The normalized spacial score (nSPS) is 12.7. The Hall–Kier alpha value is -1.13. The maximum atomic E-state index is 14.3. The monoisotopic (exact) mass is 296 g/mol. The summed E-state index contributed by atoms with van der Waals surface area (Å²) in [5.74, 6) is 0.361. The van der Waals surface area contributed by atoms with Gasteiger partial charge in [-0.2, -0.15) is 0 Å². The topological polar surface area (TPSA) is 24.5 Å². The summed E-state index contributed by atoms with van der Waals surface area (Å²) in [5.41, 5.74) is 1.71. The molecule has 120 valence electrons. The molecular weight excluding hydrogens is 267 g/mol. The van der Waals surface area contributed by atoms with Gasteiger partial charge in [0.15, 0.2) is 0 Å². The first-order valence-electron chi connectivity index (χ1n) is 7.76. The van der Waals surface area contributed by atoms with Crippen LogP contribution in [0.3, 0.4) is 0 Å². The predicted octanol–water partition coefficient (Wildman–Crippen LogP) is 3.61. The third-order valence-corrected chi connectivity index (χ3v) is 3.46. The molecule has 0 spiro atoms. The molecule has 0 radical (unpaired) electrons. The van der Waals surface area contributed by atoms with E-state index in [1.807, 2.05) is 19.9 Å². The molecule has 0 saturated heterocycles. The standard InChI is InChI=1S/C17H29FN2O/c1-6-19-14(4)17-15(18)8-7-9-16(17)20(10-11-21-5)12-13(2)3/h7-9,13-14,19H,6,10-12H2,1-5H3. The molecule has 0 bridgehead atoms. The van der Waals surface area contributed by atoms with Crippen LogP contribution >= 0.6 is 0 Å². The lowest BCUT2D eigenvalue weighted by atomic mass is 10.0. The zero-order valence-corrected chi connectivity index (χ0v) is 13.9. The van der Waals surface area contributed by atoms with E-state index in [0.29, 0.717) is 12.5 Å². The molecule has 0 heterocycles. The predicted molar refractivity (Wildman–Crippen MR) is 87.4 cm³/mol. The van der Waals surface area contributed by atoms with Crippen molar-refractivity contribution in [1.82, 2.24) is 5.32 Å². The summed E-state index contributed by atoms with van der Waals surface area (Å²) in [6.45, 7) is 11.5. The van der Waals surface area contributed by atoms with Crippen LogP contribution in [0.4, 0.5) is 10.1 Å². The van der Waals surface area contributed by atoms with E-state index in [1.54, 1.807) is 13.2 Å². The van der Waals surface area contributed by atoms with E-state index >= 15 is 0 Å². The van der Waals surface area contributed by atoms with Crippen molar-refractivity contribution < 1.29 is 9.13 Å². The summed E-state index contributed by atoms with van der Waals surface area (Å²) in [4.78, 5) is 2.22. The summed E-state index contributed by atoms with van der Waals surface area (Å²) < 4.78 is 19.5. The zero-order chi connectivity index (χ0) is 15.8. The zero-order valence-electron chi connectivity index (χ0n) is 13.9. The van der Waals surface area contributed by atoms with Crippen LogP contribution in [0.1, 0.15) is 39.3 Å². The van der Waals surface area contributed by atoms with Crippen molar-refractivity contribution in [3.8, 4) is 0 Å². The molecule has 21 heavy (non-hydrogen) atoms. The van der Waals surface area contributed by atoms with Crippen LogP contribution in [0.5, 0.6) is 0 Å². The summed E-state index contributed by atoms with van der Waals surface area (Å²) >= 11 is 0. The first-order valence-corrected chi connectivity index (χ1v) is 7.76. The lowest BCUT2D eigenvalue weighted by Crippen LogP contribution is -2.33. The fourth-order valence-electron chi connectivity index (χ4n) is 2.59. The van der Waals surface area contributed by atoms with Crippen molar-refractivity contribution >= 4 is 5.69 Å². The van der Waals surface area contributed by atoms with Crippen molar-refractivity contribution in [3.05, 3.63) is 29.6 Å². The van der Waals surface area contributed by atoms with E-state index in [2.05, 4.69) is 24.1 Å². The third kappa shape index (κ3) is 5.29. The third-order valence-electron chi connectivity index (χ3n) is 3.46. The number of hydrogen-bond acceptors (Lipinski definition) is 3. The molecule has 1 aromatic carbocycles. The van der Waals surface area contributed by atoms with Gasteiger partial charge in [0.25, 0.3) is 0 Å². The van der Waals surface area contributed by atoms with Crippen LogP contribution in [0, 0.1) is 11.7 Å². The van der Waals surface area contributed by atoms with E-state index < -0.39 is 0 Å². The Kier molecular flexibility index (Phi) is 7.68. The Balaban J connectivity index is 3.13. The van der Waals surface area contributed by atoms with Crippen LogP contribution < -0.4 is 10.2 Å². The highest BCUT2D eigenvalue weighted by atomic mass is 19.1. The van der Waals surface area contributed by atoms with Gasteiger partial charge in [-0.05, 0) is 31.5 Å². The Morgan fingerprint density at radius 1 is 1.29 bits per heavy atom. The van der Waals surface area contributed by atoms with Gasteiger partial charge in [-0.25, -0.2) is 4.39 Å². The number of nitrogens with zero attached hydrogens (tertiary/aromatic N) is 1. The van der Waals surface area contributed by atoms with E-state index in [4.69, 9.17) is 4.74 Å². The quantitative estimate of drug-likeness (QED) is 0.753. The van der Waals surface area contributed by atoms with Gasteiger partial charge in [0.2, 0.25) is 0 Å². The average Bonchev–Trinajstić information content (AvgIpc) is 2.43. The molecule has 0 aliphatic carbocycles. The average molecular weight is 296 g/mol. The minimum Gasteiger partial charge on any atom is -0.383 e. The van der Waals surface area contributed by atoms with Crippen LogP contribution in [0.25, 0.3) is 0 Å². The fourth-order valence-corrected chi connectivity index (χ4v) is 2.59. The van der Waals surface area contributed by atoms with Crippen LogP contribution in [0.2, 0.25) is 0 Å². The smallest absolute Gasteiger partial charge is 0.130 e. The first-order chi connectivity index (χ1) is 10.0. The maximum Gasteiger partial charge on any atom is 0.130 e. The van der Waals surface area contributed by atoms with Gasteiger partial charge in [0.1, 0.15) is 5.82 Å². The van der Waals surface area contributed by atoms with Gasteiger partial charge in [0.05, 0.1) is 6.61 Å². The fraction of sp³-hybridized carbons (Fsp3) is 0.647. The molecule has 0 aliphatic rings. The van der Waals surface area contributed by atoms with Crippen molar-refractivity contribution in [3.63, 3.8) is 0 Å². The highest BCUT2D eigenvalue weighted by molar-refractivity contribution is 5.55. The van der Waals surface area contributed by atoms with E-state index in [0.717, 1.165) is 30.9 Å². The second kappa shape index (κ2) is 9.00. The lowest BCUT2D eigenvalue weighted by molar-refractivity contribution is 0.204. The highest BCUT2D eigenvalue weighted by Gasteiger charge is 2.19. The molecule has 1 aromatic rings. The SMILES string of the molecule is CCNC(C)c1c(F)cccc1N(CCOC)CC(C)C. The van der Waals surface area contributed by atoms with Crippen LogP contribution in [-0.4, -0.2) is 33.4 Å². The first kappa shape index (κ1) is 17.9. The molecule has 0 aliphatic heterocycles. The van der Waals surface area contributed by atoms with Gasteiger partial charge < -0.3 is 15.0 Å². The molecular formula is C17H29FN2O. The van der Waals surface area contributed by atoms with E-state index in [1.165, 1.54) is 6.07 Å². The molecule has 0 amide bonds. The number of rotatable bonds is 9. The molecule has 3 nitrogen and oxygen atoms in total. The number of hydrogen-bond donors (Lipinski definition) is 1. The summed E-state index contributed by atoms with van der Waals surface area (Å²) in [7, 11) is 1.70. The summed E-state index contributed by atoms with van der Waals surface area (Å²) in [6.07, 6.45) is 0. The minimum absolute atomic E-state index is 0.0107. The molecule has 0 aromatic heterocycles. The molecule has 1 rings (SSSR count). The van der Waals surface area contributed by atoms with Gasteiger partial charge in [-0.3, -0.25) is 0 Å². The lowest BCUT2D eigenvalue weighted by Gasteiger charge is -2.30. The number of methoxy groups -OCH3 is 1. The Bertz CT molecular complexity index is 423. The van der Waals surface area contributed by atoms with Gasteiger partial charge in [-0.1, -0.05) is 26.8 Å². The van der Waals surface area contributed by atoms with E-state index in [9.17, 15) is 4.39 Å². The van der Waals surface area contributed by atoms with E-state index in [-0.39, 0.29) is 11.9 Å². The number of nitrogens with one attached hydrogen (secondary N) is 1. The van der Waals surface area contributed by atoms with Crippen molar-refractivity contribution in [2.75, 3.05) is 38.3 Å². The van der Waals surface area contributed by atoms with Gasteiger partial charge >= 0.3 is 0 Å². The molecule has 1 atom stereocenters. The molecule has 4 heteroatoms. The number of benzene rings is 1. The summed E-state index contributed by atoms with van der Waals surface area (Å²) in [6, 6.07) is 5.32. The summed E-state index contributed by atoms with van der Waals surface area (Å²) in [5, 5.41) is 3.31. The Labute approximate surface area is 128 Å². The van der Waals surface area contributed by atoms with Gasteiger partial charge in [-0.15, -0.1) is 0 Å². The largest absolute Gasteiger partial charge is 0.383 e. The number of anilines is 1. The molecule has 0 saturated carbocycles. The van der Waals surface area contributed by atoms with Crippen LogP contribution in [-0.2, 0) is 4.74 Å². The molecule has 1 N–H and O–H groups in total. The Morgan fingerprint density at radius 2 is 2.00 bits per heavy atom. The molecule has 0 fully saturated rings.